The number of ether oxygens (including phenoxy) is 1. The van der Waals surface area contributed by atoms with Crippen molar-refractivity contribution < 1.29 is 27.1 Å². The van der Waals surface area contributed by atoms with Crippen LogP contribution in [0.4, 0.5) is 15.8 Å². The summed E-state index contributed by atoms with van der Waals surface area (Å²) in [6, 6.07) is 10.2. The van der Waals surface area contributed by atoms with Crippen LogP contribution in [0.2, 0.25) is 0 Å². The first-order valence-electron chi connectivity index (χ1n) is 8.42. The lowest BCUT2D eigenvalue weighted by molar-refractivity contribution is -0.117. The van der Waals surface area contributed by atoms with E-state index >= 15 is 0 Å². The molecule has 0 saturated carbocycles. The molecule has 7 nitrogen and oxygen atoms in total. The number of nitrogens with one attached hydrogen (secondary N) is 1. The van der Waals surface area contributed by atoms with Crippen LogP contribution in [0.5, 0.6) is 0 Å². The molecule has 0 radical (unpaired) electrons. The van der Waals surface area contributed by atoms with Crippen LogP contribution in [0.25, 0.3) is 0 Å². The molecular formula is C19H21FN2O5S. The van der Waals surface area contributed by atoms with E-state index in [4.69, 9.17) is 0 Å². The normalized spacial score (nSPS) is 12.1. The van der Waals surface area contributed by atoms with Crippen molar-refractivity contribution in [2.75, 3.05) is 23.0 Å². The largest absolute Gasteiger partial charge is 0.465 e. The van der Waals surface area contributed by atoms with Gasteiger partial charge in [-0.1, -0.05) is 31.2 Å². The fourth-order valence-electron chi connectivity index (χ4n) is 2.76. The van der Waals surface area contributed by atoms with Gasteiger partial charge in [-0.2, -0.15) is 0 Å². The number of anilines is 2. The van der Waals surface area contributed by atoms with Crippen molar-refractivity contribution in [2.24, 2.45) is 0 Å². The van der Waals surface area contributed by atoms with Crippen molar-refractivity contribution in [3.63, 3.8) is 0 Å². The van der Waals surface area contributed by atoms with Gasteiger partial charge in [-0.05, 0) is 30.7 Å². The predicted molar refractivity (Wildman–Crippen MR) is 104 cm³/mol. The zero-order valence-electron chi connectivity index (χ0n) is 15.7. The summed E-state index contributed by atoms with van der Waals surface area (Å²) < 4.78 is 44.4. The first-order chi connectivity index (χ1) is 13.2. The molecule has 0 spiro atoms. The Bertz CT molecular complexity index is 978. The molecule has 0 aliphatic rings. The van der Waals surface area contributed by atoms with Crippen LogP contribution in [0.3, 0.4) is 0 Å². The molecule has 1 atom stereocenters. The summed E-state index contributed by atoms with van der Waals surface area (Å²) in [5, 5.41) is 2.55. The molecule has 150 valence electrons. The zero-order valence-corrected chi connectivity index (χ0v) is 16.5. The second-order valence-electron chi connectivity index (χ2n) is 5.96. The molecule has 2 aromatic carbocycles. The maximum atomic E-state index is 14.3. The monoisotopic (exact) mass is 408 g/mol. The number of para-hydroxylation sites is 2. The van der Waals surface area contributed by atoms with Gasteiger partial charge in [0.25, 0.3) is 0 Å². The standard InChI is InChI=1S/C19H21FN2O5S/c1-4-16(22(28(3,25)26)17-12-8-6-10-14(17)20)18(23)21-15-11-7-5-9-13(15)19(24)27-2/h5-12,16H,4H2,1-3H3,(H,21,23). The van der Waals surface area contributed by atoms with Gasteiger partial charge in [0.15, 0.2) is 0 Å². The fourth-order valence-corrected chi connectivity index (χ4v) is 3.97. The van der Waals surface area contributed by atoms with Crippen LogP contribution in [0.15, 0.2) is 48.5 Å². The smallest absolute Gasteiger partial charge is 0.339 e. The number of carbonyl (C=O) groups excluding carboxylic acids is 2. The zero-order chi connectivity index (χ0) is 20.9. The molecule has 2 aromatic rings. The first-order valence-corrected chi connectivity index (χ1v) is 10.3. The number of hydrogen-bond donors (Lipinski definition) is 1. The second-order valence-corrected chi connectivity index (χ2v) is 7.82. The average Bonchev–Trinajstić information content (AvgIpc) is 2.65. The van der Waals surface area contributed by atoms with Crippen molar-refractivity contribution in [1.29, 1.82) is 0 Å². The van der Waals surface area contributed by atoms with E-state index in [0.717, 1.165) is 16.6 Å². The quantitative estimate of drug-likeness (QED) is 0.711. The highest BCUT2D eigenvalue weighted by Crippen LogP contribution is 2.26. The van der Waals surface area contributed by atoms with Crippen molar-refractivity contribution >= 4 is 33.3 Å². The minimum Gasteiger partial charge on any atom is -0.465 e. The topological polar surface area (TPSA) is 92.8 Å². The summed E-state index contributed by atoms with van der Waals surface area (Å²) in [4.78, 5) is 24.8. The highest BCUT2D eigenvalue weighted by molar-refractivity contribution is 7.92. The Morgan fingerprint density at radius 1 is 1.14 bits per heavy atom. The molecule has 0 aliphatic carbocycles. The van der Waals surface area contributed by atoms with E-state index in [-0.39, 0.29) is 23.4 Å². The maximum Gasteiger partial charge on any atom is 0.339 e. The van der Waals surface area contributed by atoms with Crippen LogP contribution >= 0.6 is 0 Å². The lowest BCUT2D eigenvalue weighted by Gasteiger charge is -2.30. The number of esters is 1. The van der Waals surface area contributed by atoms with Gasteiger partial charge in [0.1, 0.15) is 11.9 Å². The Labute approximate surface area is 163 Å². The predicted octanol–water partition coefficient (Wildman–Crippen LogP) is 2.80. The number of methoxy groups -OCH3 is 1. The molecule has 9 heteroatoms. The first kappa shape index (κ1) is 21.4. The summed E-state index contributed by atoms with van der Waals surface area (Å²) in [7, 11) is -2.77. The third-order valence-corrected chi connectivity index (χ3v) is 5.18. The van der Waals surface area contributed by atoms with E-state index in [1.165, 1.54) is 37.4 Å². The molecule has 0 fully saturated rings. The number of carbonyl (C=O) groups is 2. The number of amides is 1. The van der Waals surface area contributed by atoms with E-state index in [2.05, 4.69) is 10.1 Å². The highest BCUT2D eigenvalue weighted by atomic mass is 32.2. The van der Waals surface area contributed by atoms with Crippen LogP contribution in [0.1, 0.15) is 23.7 Å². The average molecular weight is 408 g/mol. The molecule has 0 bridgehead atoms. The number of sulfonamides is 1. The number of halogens is 1. The maximum absolute atomic E-state index is 14.3. The molecule has 1 amide bonds. The minimum atomic E-state index is -3.98. The van der Waals surface area contributed by atoms with Gasteiger partial charge < -0.3 is 10.1 Å². The van der Waals surface area contributed by atoms with Gasteiger partial charge in [-0.15, -0.1) is 0 Å². The van der Waals surface area contributed by atoms with Gasteiger partial charge in [0, 0.05) is 0 Å². The van der Waals surface area contributed by atoms with Crippen molar-refractivity contribution in [3.05, 3.63) is 59.9 Å². The molecule has 0 heterocycles. The summed E-state index contributed by atoms with van der Waals surface area (Å²) in [5.41, 5.74) is 0.0537. The summed E-state index contributed by atoms with van der Waals surface area (Å²) in [6.45, 7) is 1.61. The fraction of sp³-hybridized carbons (Fsp3) is 0.263. The summed E-state index contributed by atoms with van der Waals surface area (Å²) >= 11 is 0. The Balaban J connectivity index is 2.44. The second kappa shape index (κ2) is 8.83. The van der Waals surface area contributed by atoms with Crippen LogP contribution in [-0.4, -0.2) is 39.7 Å². The number of benzene rings is 2. The van der Waals surface area contributed by atoms with Crippen molar-refractivity contribution in [3.8, 4) is 0 Å². The van der Waals surface area contributed by atoms with E-state index in [1.54, 1.807) is 19.1 Å². The Morgan fingerprint density at radius 2 is 1.75 bits per heavy atom. The lowest BCUT2D eigenvalue weighted by Crippen LogP contribution is -2.47. The molecule has 0 aliphatic heterocycles. The summed E-state index contributed by atoms with van der Waals surface area (Å²) in [5.74, 6) is -2.13. The third-order valence-electron chi connectivity index (χ3n) is 4.01. The lowest BCUT2D eigenvalue weighted by atomic mass is 10.1. The number of hydrogen-bond acceptors (Lipinski definition) is 5. The Hall–Kier alpha value is -2.94. The van der Waals surface area contributed by atoms with Crippen LogP contribution in [-0.2, 0) is 19.6 Å². The van der Waals surface area contributed by atoms with E-state index in [1.807, 2.05) is 0 Å². The SMILES string of the molecule is CCC(C(=O)Nc1ccccc1C(=O)OC)N(c1ccccc1F)S(C)(=O)=O. The van der Waals surface area contributed by atoms with E-state index in [0.29, 0.717) is 0 Å². The van der Waals surface area contributed by atoms with E-state index < -0.39 is 33.8 Å². The highest BCUT2D eigenvalue weighted by Gasteiger charge is 2.33. The van der Waals surface area contributed by atoms with Crippen LogP contribution in [0, 0.1) is 5.82 Å². The molecule has 1 unspecified atom stereocenters. The number of rotatable bonds is 7. The van der Waals surface area contributed by atoms with Gasteiger partial charge in [0.2, 0.25) is 15.9 Å². The molecule has 2 rings (SSSR count). The van der Waals surface area contributed by atoms with Gasteiger partial charge in [-0.25, -0.2) is 17.6 Å². The van der Waals surface area contributed by atoms with Crippen LogP contribution < -0.4 is 9.62 Å². The van der Waals surface area contributed by atoms with Crippen molar-refractivity contribution in [1.82, 2.24) is 0 Å². The molecule has 28 heavy (non-hydrogen) atoms. The van der Waals surface area contributed by atoms with Gasteiger partial charge in [-0.3, -0.25) is 9.10 Å². The van der Waals surface area contributed by atoms with Crippen molar-refractivity contribution in [2.45, 2.75) is 19.4 Å². The molecule has 0 aromatic heterocycles. The Kier molecular flexibility index (Phi) is 6.74. The third kappa shape index (κ3) is 4.66. The summed E-state index contributed by atoms with van der Waals surface area (Å²) in [6.07, 6.45) is 0.978. The van der Waals surface area contributed by atoms with E-state index in [9.17, 15) is 22.4 Å². The van der Waals surface area contributed by atoms with Gasteiger partial charge >= 0.3 is 5.97 Å². The molecular weight excluding hydrogens is 387 g/mol. The molecule has 0 saturated heterocycles. The minimum absolute atomic E-state index is 0.0770. The Morgan fingerprint density at radius 3 is 2.32 bits per heavy atom. The van der Waals surface area contributed by atoms with Gasteiger partial charge in [0.05, 0.1) is 30.3 Å². The number of nitrogens with zero attached hydrogens (tertiary/aromatic N) is 1. The molecule has 1 N–H and O–H groups in total.